The van der Waals surface area contributed by atoms with Crippen molar-refractivity contribution in [2.75, 3.05) is 0 Å². The Kier molecular flexibility index (Phi) is 5.86. The van der Waals surface area contributed by atoms with E-state index in [4.69, 9.17) is 11.6 Å². The largest absolute Gasteiger partial charge is 0.271 e. The van der Waals surface area contributed by atoms with Gasteiger partial charge in [0.15, 0.2) is 0 Å². The first kappa shape index (κ1) is 21.8. The molecule has 0 aliphatic heterocycles. The van der Waals surface area contributed by atoms with Crippen LogP contribution in [0.1, 0.15) is 28.4 Å². The predicted octanol–water partition coefficient (Wildman–Crippen LogP) is 4.99. The molecule has 0 fully saturated rings. The molecule has 0 saturated carbocycles. The van der Waals surface area contributed by atoms with Gasteiger partial charge in [-0.25, -0.2) is 17.8 Å². The third-order valence-corrected chi connectivity index (χ3v) is 6.99. The number of hydrogen-bond donors (Lipinski definition) is 1. The fourth-order valence-electron chi connectivity index (χ4n) is 3.36. The third-order valence-electron chi connectivity index (χ3n) is 5.05. The number of fused-ring (bicyclic) bond motifs is 1. The molecule has 0 radical (unpaired) electrons. The summed E-state index contributed by atoms with van der Waals surface area (Å²) in [5.41, 5.74) is 5.54. The molecule has 4 rings (SSSR count). The minimum Gasteiger partial charge on any atom is -0.267 e. The van der Waals surface area contributed by atoms with Crippen molar-refractivity contribution in [1.29, 1.82) is 0 Å². The minimum atomic E-state index is -3.87. The first-order valence-electron chi connectivity index (χ1n) is 9.80. The van der Waals surface area contributed by atoms with Gasteiger partial charge < -0.3 is 0 Å². The van der Waals surface area contributed by atoms with Crippen LogP contribution in [-0.4, -0.2) is 24.0 Å². The molecule has 4 aromatic rings. The van der Waals surface area contributed by atoms with E-state index >= 15 is 0 Å². The molecular formula is C24H20ClN3O3S. The van der Waals surface area contributed by atoms with Gasteiger partial charge in [-0.05, 0) is 61.9 Å². The number of nitrogens with one attached hydrogen (secondary N) is 1. The van der Waals surface area contributed by atoms with Crippen molar-refractivity contribution >= 4 is 44.1 Å². The number of aromatic nitrogens is 1. The zero-order valence-corrected chi connectivity index (χ0v) is 19.0. The van der Waals surface area contributed by atoms with Gasteiger partial charge in [0.1, 0.15) is 0 Å². The summed E-state index contributed by atoms with van der Waals surface area (Å²) in [5.74, 6) is -0.349. The number of hydrazone groups is 1. The van der Waals surface area contributed by atoms with Crippen molar-refractivity contribution in [3.05, 3.63) is 101 Å². The van der Waals surface area contributed by atoms with E-state index in [0.717, 1.165) is 5.56 Å². The highest BCUT2D eigenvalue weighted by molar-refractivity contribution is 7.90. The maximum Gasteiger partial charge on any atom is 0.271 e. The van der Waals surface area contributed by atoms with E-state index in [1.807, 2.05) is 31.2 Å². The van der Waals surface area contributed by atoms with Crippen LogP contribution in [0.2, 0.25) is 5.02 Å². The summed E-state index contributed by atoms with van der Waals surface area (Å²) in [5, 5.41) is 5.38. The van der Waals surface area contributed by atoms with E-state index in [9.17, 15) is 13.2 Å². The third kappa shape index (κ3) is 4.17. The quantitative estimate of drug-likeness (QED) is 0.333. The molecule has 0 atom stereocenters. The van der Waals surface area contributed by atoms with Gasteiger partial charge in [0.05, 0.1) is 16.1 Å². The molecular weight excluding hydrogens is 446 g/mol. The number of benzene rings is 3. The highest BCUT2D eigenvalue weighted by Crippen LogP contribution is 2.28. The molecule has 0 saturated heterocycles. The molecule has 8 heteroatoms. The molecule has 1 N–H and O–H groups in total. The monoisotopic (exact) mass is 465 g/mol. The van der Waals surface area contributed by atoms with Crippen LogP contribution in [0.4, 0.5) is 0 Å². The van der Waals surface area contributed by atoms with E-state index in [2.05, 4.69) is 10.5 Å². The summed E-state index contributed by atoms with van der Waals surface area (Å²) >= 11 is 5.92. The van der Waals surface area contributed by atoms with Crippen LogP contribution < -0.4 is 5.43 Å². The number of aryl methyl sites for hydroxylation is 1. The van der Waals surface area contributed by atoms with E-state index < -0.39 is 10.0 Å². The van der Waals surface area contributed by atoms with E-state index in [1.54, 1.807) is 31.2 Å². The van der Waals surface area contributed by atoms with Crippen molar-refractivity contribution in [3.63, 3.8) is 0 Å². The fourth-order valence-corrected chi connectivity index (χ4v) is 4.85. The Balaban J connectivity index is 1.78. The number of carbonyl (C=O) groups is 1. The van der Waals surface area contributed by atoms with Gasteiger partial charge >= 0.3 is 0 Å². The topological polar surface area (TPSA) is 80.5 Å². The second-order valence-corrected chi connectivity index (χ2v) is 9.57. The Hall–Kier alpha value is -3.42. The highest BCUT2D eigenvalue weighted by Gasteiger charge is 2.22. The lowest BCUT2D eigenvalue weighted by Gasteiger charge is -2.08. The molecule has 0 aliphatic rings. The van der Waals surface area contributed by atoms with Crippen LogP contribution >= 0.6 is 11.6 Å². The Labute approximate surface area is 191 Å². The lowest BCUT2D eigenvalue weighted by molar-refractivity contribution is 0.0955. The van der Waals surface area contributed by atoms with Crippen molar-refractivity contribution in [2.45, 2.75) is 18.7 Å². The molecule has 0 unspecified atom stereocenters. The van der Waals surface area contributed by atoms with Gasteiger partial charge in [0.2, 0.25) is 0 Å². The molecule has 6 nitrogen and oxygen atoms in total. The van der Waals surface area contributed by atoms with Crippen LogP contribution in [0.25, 0.3) is 10.9 Å². The molecule has 1 heterocycles. The standard InChI is InChI=1S/C24H20ClN3O3S/c1-16-8-13-21-22(17(2)26-27-24(29)18-6-4-3-5-7-18)15-28(23(21)14-16)32(30,31)20-11-9-19(25)10-12-20/h3-15H,1-2H3,(H,27,29)/b26-17+. The molecule has 0 spiro atoms. The van der Waals surface area contributed by atoms with Crippen molar-refractivity contribution in [1.82, 2.24) is 9.40 Å². The van der Waals surface area contributed by atoms with Gasteiger partial charge in [-0.3, -0.25) is 4.79 Å². The number of nitrogens with zero attached hydrogens (tertiary/aromatic N) is 2. The predicted molar refractivity (Wildman–Crippen MR) is 127 cm³/mol. The van der Waals surface area contributed by atoms with E-state index in [-0.39, 0.29) is 10.8 Å². The zero-order chi connectivity index (χ0) is 22.9. The Morgan fingerprint density at radius 3 is 2.38 bits per heavy atom. The molecule has 162 valence electrons. The van der Waals surface area contributed by atoms with Crippen LogP contribution in [0.15, 0.2) is 89.0 Å². The van der Waals surface area contributed by atoms with E-state index in [0.29, 0.717) is 32.8 Å². The number of carbonyl (C=O) groups excluding carboxylic acids is 1. The highest BCUT2D eigenvalue weighted by atomic mass is 35.5. The second-order valence-electron chi connectivity index (χ2n) is 7.32. The number of hydrogen-bond acceptors (Lipinski definition) is 4. The Morgan fingerprint density at radius 2 is 1.69 bits per heavy atom. The summed E-state index contributed by atoms with van der Waals surface area (Å²) in [6, 6.07) is 20.3. The van der Waals surface area contributed by atoms with Crippen LogP contribution in [0.3, 0.4) is 0 Å². The molecule has 1 amide bonds. The second kappa shape index (κ2) is 8.61. The van der Waals surface area contributed by atoms with Gasteiger partial charge in [0.25, 0.3) is 15.9 Å². The molecule has 3 aromatic carbocycles. The number of amides is 1. The van der Waals surface area contributed by atoms with Crippen molar-refractivity contribution < 1.29 is 13.2 Å². The summed E-state index contributed by atoms with van der Waals surface area (Å²) in [6.07, 6.45) is 1.53. The summed E-state index contributed by atoms with van der Waals surface area (Å²) in [7, 11) is -3.87. The summed E-state index contributed by atoms with van der Waals surface area (Å²) < 4.78 is 28.0. The maximum atomic E-state index is 13.4. The maximum absolute atomic E-state index is 13.4. The minimum absolute atomic E-state index is 0.124. The zero-order valence-electron chi connectivity index (χ0n) is 17.4. The molecule has 32 heavy (non-hydrogen) atoms. The van der Waals surface area contributed by atoms with Gasteiger partial charge in [-0.2, -0.15) is 5.10 Å². The fraction of sp³-hybridized carbons (Fsp3) is 0.0833. The Bertz CT molecular complexity index is 1440. The first-order valence-corrected chi connectivity index (χ1v) is 11.6. The lowest BCUT2D eigenvalue weighted by Crippen LogP contribution is -2.19. The lowest BCUT2D eigenvalue weighted by atomic mass is 10.1. The molecule has 0 bridgehead atoms. The first-order chi connectivity index (χ1) is 15.3. The molecule has 1 aromatic heterocycles. The van der Waals surface area contributed by atoms with Gasteiger partial charge in [-0.15, -0.1) is 0 Å². The molecule has 0 aliphatic carbocycles. The smallest absolute Gasteiger partial charge is 0.267 e. The Morgan fingerprint density at radius 1 is 1.00 bits per heavy atom. The summed E-state index contributed by atoms with van der Waals surface area (Å²) in [4.78, 5) is 12.5. The van der Waals surface area contributed by atoms with Gasteiger partial charge in [0, 0.05) is 27.7 Å². The van der Waals surface area contributed by atoms with Crippen LogP contribution in [0, 0.1) is 6.92 Å². The average Bonchev–Trinajstić information content (AvgIpc) is 3.17. The normalized spacial score (nSPS) is 12.2. The van der Waals surface area contributed by atoms with Gasteiger partial charge in [-0.1, -0.05) is 41.9 Å². The number of halogens is 1. The SMILES string of the molecule is C/C(=N\NC(=O)c1ccccc1)c1cn(S(=O)(=O)c2ccc(Cl)cc2)c2cc(C)ccc12. The van der Waals surface area contributed by atoms with E-state index in [1.165, 1.54) is 34.4 Å². The van der Waals surface area contributed by atoms with Crippen LogP contribution in [0.5, 0.6) is 0 Å². The van der Waals surface area contributed by atoms with Crippen LogP contribution in [-0.2, 0) is 10.0 Å². The average molecular weight is 466 g/mol. The van der Waals surface area contributed by atoms with Crippen molar-refractivity contribution in [3.8, 4) is 0 Å². The number of rotatable bonds is 5. The summed E-state index contributed by atoms with van der Waals surface area (Å²) in [6.45, 7) is 3.62. The van der Waals surface area contributed by atoms with Crippen molar-refractivity contribution in [2.24, 2.45) is 5.10 Å².